The third kappa shape index (κ3) is 5.85. The van der Waals surface area contributed by atoms with Crippen LogP contribution in [0.3, 0.4) is 0 Å². The maximum Gasteiger partial charge on any atom is 0.282 e. The molecule has 3 aromatic carbocycles. The second kappa shape index (κ2) is 11.6. The van der Waals surface area contributed by atoms with Crippen molar-refractivity contribution in [3.8, 4) is 17.2 Å². The van der Waals surface area contributed by atoms with Gasteiger partial charge in [-0.3, -0.25) is 4.79 Å². The predicted molar refractivity (Wildman–Crippen MR) is 150 cm³/mol. The monoisotopic (exact) mass is 563 g/mol. The Balaban J connectivity index is 1.73. The Morgan fingerprint density at radius 3 is 2.46 bits per heavy atom. The van der Waals surface area contributed by atoms with E-state index in [2.05, 4.69) is 34.0 Å². The summed E-state index contributed by atoms with van der Waals surface area (Å²) in [5.41, 5.74) is 3.31. The number of methoxy groups -OCH3 is 2. The van der Waals surface area contributed by atoms with Crippen LogP contribution in [0.4, 0.5) is 0 Å². The lowest BCUT2D eigenvalue weighted by Crippen LogP contribution is -2.23. The lowest BCUT2D eigenvalue weighted by molar-refractivity contribution is 0.266. The summed E-state index contributed by atoms with van der Waals surface area (Å²) in [6, 6.07) is 17.2. The molecule has 8 heteroatoms. The van der Waals surface area contributed by atoms with Gasteiger partial charge in [-0.1, -0.05) is 59.6 Å². The second-order valence-electron chi connectivity index (χ2n) is 8.83. The lowest BCUT2D eigenvalue weighted by atomic mass is 10.1. The molecule has 1 aromatic heterocycles. The summed E-state index contributed by atoms with van der Waals surface area (Å²) in [7, 11) is 3.15. The van der Waals surface area contributed by atoms with Gasteiger partial charge in [-0.15, -0.1) is 0 Å². The van der Waals surface area contributed by atoms with Crippen LogP contribution in [0, 0.1) is 6.92 Å². The molecule has 0 radical (unpaired) electrons. The van der Waals surface area contributed by atoms with Gasteiger partial charge >= 0.3 is 0 Å². The van der Waals surface area contributed by atoms with Gasteiger partial charge in [0.2, 0.25) is 5.75 Å². The molecule has 0 saturated heterocycles. The molecule has 0 amide bonds. The molecule has 0 aliphatic rings. The zero-order valence-corrected chi connectivity index (χ0v) is 23.2. The van der Waals surface area contributed by atoms with Crippen molar-refractivity contribution in [2.45, 2.75) is 39.7 Å². The molecule has 0 spiro atoms. The van der Waals surface area contributed by atoms with Gasteiger partial charge in [0.05, 0.1) is 31.3 Å². The average Bonchev–Trinajstić information content (AvgIpc) is 2.90. The number of ether oxygens (including phenoxy) is 3. The van der Waals surface area contributed by atoms with Gasteiger partial charge in [0.25, 0.3) is 5.56 Å². The third-order valence-corrected chi connectivity index (χ3v) is 6.65. The van der Waals surface area contributed by atoms with Crippen LogP contribution >= 0.6 is 15.9 Å². The smallest absolute Gasteiger partial charge is 0.282 e. The van der Waals surface area contributed by atoms with Crippen molar-refractivity contribution in [2.75, 3.05) is 14.2 Å². The van der Waals surface area contributed by atoms with E-state index < -0.39 is 0 Å². The number of hydrogen-bond donors (Lipinski definition) is 0. The molecular weight excluding hydrogens is 534 g/mol. The molecule has 4 aromatic rings. The van der Waals surface area contributed by atoms with Crippen molar-refractivity contribution in [3.05, 3.63) is 91.9 Å². The first-order valence-electron chi connectivity index (χ1n) is 12.1. The molecule has 0 aliphatic heterocycles. The summed E-state index contributed by atoms with van der Waals surface area (Å²) in [6.45, 7) is 6.50. The minimum absolute atomic E-state index is 0.0411. The van der Waals surface area contributed by atoms with E-state index >= 15 is 0 Å². The van der Waals surface area contributed by atoms with E-state index in [-0.39, 0.29) is 11.5 Å². The van der Waals surface area contributed by atoms with Gasteiger partial charge in [0.1, 0.15) is 12.4 Å². The molecule has 0 aliphatic carbocycles. The van der Waals surface area contributed by atoms with Gasteiger partial charge in [0.15, 0.2) is 11.5 Å². The van der Waals surface area contributed by atoms with Crippen LogP contribution in [0.1, 0.15) is 48.7 Å². The van der Waals surface area contributed by atoms with E-state index in [1.165, 1.54) is 4.68 Å². The zero-order chi connectivity index (χ0) is 26.5. The second-order valence-corrected chi connectivity index (χ2v) is 9.75. The van der Waals surface area contributed by atoms with Gasteiger partial charge in [-0.05, 0) is 49.2 Å². The highest BCUT2D eigenvalue weighted by Gasteiger charge is 2.17. The van der Waals surface area contributed by atoms with Crippen LogP contribution in [0.15, 0.2) is 69.0 Å². The zero-order valence-electron chi connectivity index (χ0n) is 21.6. The van der Waals surface area contributed by atoms with E-state index in [0.717, 1.165) is 22.0 Å². The number of rotatable bonds is 9. The van der Waals surface area contributed by atoms with Crippen molar-refractivity contribution < 1.29 is 14.2 Å². The summed E-state index contributed by atoms with van der Waals surface area (Å²) in [5, 5.41) is 5.05. The number of aryl methyl sites for hydroxylation is 1. The maximum absolute atomic E-state index is 13.4. The van der Waals surface area contributed by atoms with Crippen LogP contribution in [0.5, 0.6) is 17.2 Å². The minimum Gasteiger partial charge on any atom is -0.493 e. The summed E-state index contributed by atoms with van der Waals surface area (Å²) in [5.74, 6) is 2.15. The van der Waals surface area contributed by atoms with E-state index in [9.17, 15) is 4.79 Å². The molecule has 0 saturated carbocycles. The van der Waals surface area contributed by atoms with Crippen LogP contribution in [0.25, 0.3) is 10.9 Å². The van der Waals surface area contributed by atoms with Gasteiger partial charge in [0, 0.05) is 16.0 Å². The first-order chi connectivity index (χ1) is 17.8. The van der Waals surface area contributed by atoms with Crippen molar-refractivity contribution in [1.29, 1.82) is 0 Å². The standard InChI is InChI=1S/C29H30BrN3O4/c1-6-19(3)28-32-24-11-10-22(30)15-23(24)29(34)33(28)31-16-21-13-25(35-4)27(26(14-21)36-5)37-17-20-9-7-8-18(2)12-20/h7-16,19H,6,17H2,1-5H3/t19-/m0/s1. The van der Waals surface area contributed by atoms with Crippen molar-refractivity contribution in [3.63, 3.8) is 0 Å². The SMILES string of the molecule is CC[C@H](C)c1nc2ccc(Br)cc2c(=O)n1N=Cc1cc(OC)c(OCc2cccc(C)c2)c(OC)c1. The van der Waals surface area contributed by atoms with Crippen LogP contribution < -0.4 is 19.8 Å². The van der Waals surface area contributed by atoms with Crippen LogP contribution in [-0.4, -0.2) is 30.1 Å². The first kappa shape index (κ1) is 26.4. The largest absolute Gasteiger partial charge is 0.493 e. The molecular formula is C29H30BrN3O4. The molecule has 4 rings (SSSR count). The molecule has 0 unspecified atom stereocenters. The van der Waals surface area contributed by atoms with Gasteiger partial charge in [-0.2, -0.15) is 9.78 Å². The Morgan fingerprint density at radius 2 is 1.81 bits per heavy atom. The van der Waals surface area contributed by atoms with Crippen molar-refractivity contribution in [2.24, 2.45) is 5.10 Å². The number of fused-ring (bicyclic) bond motifs is 1. The van der Waals surface area contributed by atoms with Crippen molar-refractivity contribution in [1.82, 2.24) is 9.66 Å². The number of nitrogens with zero attached hydrogens (tertiary/aromatic N) is 3. The van der Waals surface area contributed by atoms with E-state index in [1.54, 1.807) is 38.6 Å². The fourth-order valence-electron chi connectivity index (χ4n) is 3.98. The van der Waals surface area contributed by atoms with Crippen molar-refractivity contribution >= 4 is 33.0 Å². The molecule has 1 atom stereocenters. The van der Waals surface area contributed by atoms with E-state index in [1.807, 2.05) is 44.2 Å². The topological polar surface area (TPSA) is 74.9 Å². The molecule has 7 nitrogen and oxygen atoms in total. The van der Waals surface area contributed by atoms with Crippen LogP contribution in [-0.2, 0) is 6.61 Å². The fourth-order valence-corrected chi connectivity index (χ4v) is 4.34. The predicted octanol–water partition coefficient (Wildman–Crippen LogP) is 6.46. The fraction of sp³-hybridized carbons (Fsp3) is 0.276. The number of aromatic nitrogens is 2. The van der Waals surface area contributed by atoms with E-state index in [4.69, 9.17) is 19.2 Å². The highest BCUT2D eigenvalue weighted by atomic mass is 79.9. The highest BCUT2D eigenvalue weighted by Crippen LogP contribution is 2.38. The molecule has 1 heterocycles. The van der Waals surface area contributed by atoms with Crippen LogP contribution in [0.2, 0.25) is 0 Å². The number of hydrogen-bond acceptors (Lipinski definition) is 6. The Labute approximate surface area is 224 Å². The molecule has 0 N–H and O–H groups in total. The van der Waals surface area contributed by atoms with Gasteiger partial charge in [-0.25, -0.2) is 4.98 Å². The maximum atomic E-state index is 13.4. The van der Waals surface area contributed by atoms with Gasteiger partial charge < -0.3 is 14.2 Å². The first-order valence-corrected chi connectivity index (χ1v) is 12.8. The molecule has 192 valence electrons. The molecule has 0 fully saturated rings. The number of halogens is 1. The normalized spacial score (nSPS) is 12.2. The average molecular weight is 564 g/mol. The summed E-state index contributed by atoms with van der Waals surface area (Å²) >= 11 is 3.44. The molecule has 0 bridgehead atoms. The Bertz CT molecular complexity index is 1490. The quantitative estimate of drug-likeness (QED) is 0.218. The third-order valence-electron chi connectivity index (χ3n) is 6.16. The molecule has 37 heavy (non-hydrogen) atoms. The lowest BCUT2D eigenvalue weighted by Gasteiger charge is -2.16. The summed E-state index contributed by atoms with van der Waals surface area (Å²) < 4.78 is 19.5. The Kier molecular flexibility index (Phi) is 8.28. The summed E-state index contributed by atoms with van der Waals surface area (Å²) in [6.07, 6.45) is 2.42. The highest BCUT2D eigenvalue weighted by molar-refractivity contribution is 9.10. The Morgan fingerprint density at radius 1 is 1.08 bits per heavy atom. The minimum atomic E-state index is -0.227. The number of benzene rings is 3. The summed E-state index contributed by atoms with van der Waals surface area (Å²) in [4.78, 5) is 18.2. The Hall–Kier alpha value is -3.65. The van der Waals surface area contributed by atoms with E-state index in [0.29, 0.717) is 46.1 Å².